The molecule has 38 heavy (non-hydrogen) atoms. The number of halogens is 1. The predicted molar refractivity (Wildman–Crippen MR) is 142 cm³/mol. The normalized spacial score (nSPS) is 17.1. The van der Waals surface area contributed by atoms with Crippen LogP contribution < -0.4 is 15.4 Å². The second-order valence-electron chi connectivity index (χ2n) is 9.22. The highest BCUT2D eigenvalue weighted by molar-refractivity contribution is 6.31. The number of esters is 1. The third kappa shape index (κ3) is 6.65. The maximum Gasteiger partial charge on any atom is 0.336 e. The van der Waals surface area contributed by atoms with E-state index in [9.17, 15) is 14.4 Å². The van der Waals surface area contributed by atoms with Gasteiger partial charge in [0.1, 0.15) is 17.2 Å². The number of hydrogen-bond acceptors (Lipinski definition) is 8. The predicted octanol–water partition coefficient (Wildman–Crippen LogP) is 4.53. The van der Waals surface area contributed by atoms with E-state index in [-0.39, 0.29) is 5.97 Å². The van der Waals surface area contributed by atoms with Gasteiger partial charge in [-0.1, -0.05) is 24.9 Å². The van der Waals surface area contributed by atoms with Crippen molar-refractivity contribution in [3.8, 4) is 5.75 Å². The van der Waals surface area contributed by atoms with Crippen LogP contribution in [-0.4, -0.2) is 57.1 Å². The van der Waals surface area contributed by atoms with Gasteiger partial charge in [-0.25, -0.2) is 14.4 Å². The number of carboxylic acid groups (broad SMARTS) is 2. The molecular weight excluding hydrogens is 516 g/mol. The number of aromatic nitrogens is 2. The Bertz CT molecular complexity index is 1270. The molecule has 0 saturated heterocycles. The number of carbonyl (C=O) groups excluding carboxylic acids is 1. The Labute approximate surface area is 224 Å². The topological polar surface area (TPSA) is 163 Å². The van der Waals surface area contributed by atoms with Gasteiger partial charge < -0.3 is 30.3 Å². The summed E-state index contributed by atoms with van der Waals surface area (Å²) in [4.78, 5) is 32.2. The molecule has 0 aliphatic carbocycles. The number of hydrogen-bond donors (Lipinski definition) is 5. The number of ether oxygens (including phenoxy) is 2. The molecule has 5 N–H and O–H groups in total. The molecule has 2 aliphatic heterocycles. The van der Waals surface area contributed by atoms with Crippen molar-refractivity contribution in [2.75, 3.05) is 23.8 Å². The lowest BCUT2D eigenvalue weighted by atomic mass is 9.81. The van der Waals surface area contributed by atoms with Crippen LogP contribution in [-0.2, 0) is 19.1 Å². The summed E-state index contributed by atoms with van der Waals surface area (Å²) in [5.74, 6) is -1.80. The van der Waals surface area contributed by atoms with Crippen LogP contribution in [0.25, 0.3) is 0 Å². The summed E-state index contributed by atoms with van der Waals surface area (Å²) in [5.41, 5.74) is 3.49. The van der Waals surface area contributed by atoms with Crippen LogP contribution in [0.4, 0.5) is 11.5 Å². The first-order valence-corrected chi connectivity index (χ1v) is 12.5. The maximum atomic E-state index is 13.1. The Morgan fingerprint density at radius 3 is 2.47 bits per heavy atom. The number of carbonyl (C=O) groups is 3. The summed E-state index contributed by atoms with van der Waals surface area (Å²) >= 11 is 6.49. The van der Waals surface area contributed by atoms with Crippen molar-refractivity contribution in [1.82, 2.24) is 10.2 Å². The summed E-state index contributed by atoms with van der Waals surface area (Å²) in [5, 5.41) is 30.2. The van der Waals surface area contributed by atoms with Crippen molar-refractivity contribution >= 4 is 41.0 Å². The van der Waals surface area contributed by atoms with Crippen LogP contribution >= 0.6 is 11.6 Å². The average Bonchev–Trinajstić information content (AvgIpc) is 3.30. The van der Waals surface area contributed by atoms with E-state index in [0.717, 1.165) is 34.8 Å². The van der Waals surface area contributed by atoms with Gasteiger partial charge >= 0.3 is 17.9 Å². The van der Waals surface area contributed by atoms with Gasteiger partial charge in [0.15, 0.2) is 0 Å². The van der Waals surface area contributed by atoms with Crippen molar-refractivity contribution in [2.24, 2.45) is 0 Å². The summed E-state index contributed by atoms with van der Waals surface area (Å²) in [7, 11) is 0. The third-order valence-electron chi connectivity index (χ3n) is 5.71. The molecule has 0 fully saturated rings. The maximum absolute atomic E-state index is 13.1. The van der Waals surface area contributed by atoms with Gasteiger partial charge in [0.25, 0.3) is 0 Å². The molecule has 0 bridgehead atoms. The number of nitrogens with one attached hydrogen (secondary N) is 3. The zero-order valence-electron chi connectivity index (χ0n) is 21.6. The highest BCUT2D eigenvalue weighted by Crippen LogP contribution is 2.49. The first-order chi connectivity index (χ1) is 18.0. The van der Waals surface area contributed by atoms with Gasteiger partial charge in [0.2, 0.25) is 0 Å². The van der Waals surface area contributed by atoms with E-state index in [1.807, 2.05) is 32.9 Å². The van der Waals surface area contributed by atoms with Crippen molar-refractivity contribution in [3.05, 3.63) is 57.9 Å². The number of carboxylic acids is 2. The van der Waals surface area contributed by atoms with Crippen LogP contribution in [0.1, 0.15) is 57.6 Å². The highest BCUT2D eigenvalue weighted by atomic mass is 35.5. The number of fused-ring (bicyclic) bond motifs is 2. The second-order valence-corrected chi connectivity index (χ2v) is 9.65. The number of anilines is 2. The number of rotatable bonds is 7. The molecule has 1 aromatic heterocycles. The monoisotopic (exact) mass is 546 g/mol. The summed E-state index contributed by atoms with van der Waals surface area (Å²) in [6, 6.07) is 3.73. The lowest BCUT2D eigenvalue weighted by Gasteiger charge is -2.37. The van der Waals surface area contributed by atoms with Gasteiger partial charge in [-0.3, -0.25) is 5.10 Å². The Morgan fingerprint density at radius 2 is 1.87 bits per heavy atom. The van der Waals surface area contributed by atoms with Crippen molar-refractivity contribution in [2.45, 2.75) is 52.1 Å². The number of allylic oxidation sites excluding steroid dienone is 1. The largest absolute Gasteiger partial charge is 0.484 e. The van der Waals surface area contributed by atoms with Gasteiger partial charge in [0.05, 0.1) is 36.5 Å². The second kappa shape index (κ2) is 12.0. The fraction of sp³-hybridized carbons (Fsp3) is 0.385. The molecule has 0 amide bonds. The zero-order valence-corrected chi connectivity index (χ0v) is 22.3. The minimum atomic E-state index is -1.26. The third-order valence-corrected chi connectivity index (χ3v) is 5.93. The van der Waals surface area contributed by atoms with Crippen LogP contribution in [0.5, 0.6) is 5.75 Å². The first kappa shape index (κ1) is 28.6. The Hall–Kier alpha value is -3.99. The number of aliphatic carboxylic acids is 2. The molecule has 4 rings (SSSR count). The SMILES string of the molecule is CCCC1=C(C(=O)OCC)C(c2cc(Cl)cc3c2OC(C)(C)CN3)c2cn[nH]c2N1.O=C(O)C=CC(=O)O. The smallest absolute Gasteiger partial charge is 0.336 e. The Balaban J connectivity index is 0.000000436. The number of nitrogens with zero attached hydrogens (tertiary/aromatic N) is 1. The Kier molecular flexibility index (Phi) is 9.05. The first-order valence-electron chi connectivity index (χ1n) is 12.1. The molecule has 3 heterocycles. The zero-order chi connectivity index (χ0) is 28.0. The molecule has 1 aromatic carbocycles. The summed E-state index contributed by atoms with van der Waals surface area (Å²) in [6.45, 7) is 8.89. The molecule has 11 nitrogen and oxygen atoms in total. The van der Waals surface area contributed by atoms with Crippen LogP contribution in [0.3, 0.4) is 0 Å². The molecule has 2 aromatic rings. The van der Waals surface area contributed by atoms with Gasteiger partial charge in [-0.2, -0.15) is 5.10 Å². The van der Waals surface area contributed by atoms with E-state index >= 15 is 0 Å². The summed E-state index contributed by atoms with van der Waals surface area (Å²) < 4.78 is 11.8. The van der Waals surface area contributed by atoms with Gasteiger partial charge in [-0.05, 0) is 39.3 Å². The lowest BCUT2D eigenvalue weighted by Crippen LogP contribution is -2.40. The minimum absolute atomic E-state index is 0.297. The standard InChI is InChI=1S/C22H27ClN4O3.C4H4O4/c1-5-7-15-18(21(28)29-6-2)17(14-10-25-27-20(14)26-15)13-8-12(23)9-16-19(13)30-22(3,4)11-24-16;5-3(6)1-2-4(7)8/h8-10,17,24H,5-7,11H2,1-4H3,(H2,25,26,27);1-2H,(H,5,6)(H,7,8). The van der Waals surface area contributed by atoms with Crippen LogP contribution in [0.2, 0.25) is 5.02 Å². The van der Waals surface area contributed by atoms with E-state index in [0.29, 0.717) is 48.1 Å². The fourth-order valence-electron chi connectivity index (χ4n) is 4.22. The van der Waals surface area contributed by atoms with E-state index in [1.54, 1.807) is 6.20 Å². The van der Waals surface area contributed by atoms with Crippen LogP contribution in [0, 0.1) is 0 Å². The lowest BCUT2D eigenvalue weighted by molar-refractivity contribution is -0.139. The van der Waals surface area contributed by atoms with E-state index < -0.39 is 23.5 Å². The van der Waals surface area contributed by atoms with Crippen molar-refractivity contribution in [3.63, 3.8) is 0 Å². The quantitative estimate of drug-likeness (QED) is 0.246. The highest BCUT2D eigenvalue weighted by Gasteiger charge is 2.39. The molecule has 0 spiro atoms. The van der Waals surface area contributed by atoms with Crippen molar-refractivity contribution in [1.29, 1.82) is 0 Å². The molecular formula is C26H31ClN4O7. The van der Waals surface area contributed by atoms with Crippen LogP contribution in [0.15, 0.2) is 41.8 Å². The fourth-order valence-corrected chi connectivity index (χ4v) is 4.45. The average molecular weight is 547 g/mol. The molecule has 204 valence electrons. The molecule has 1 atom stereocenters. The summed E-state index contributed by atoms with van der Waals surface area (Å²) in [6.07, 6.45) is 4.44. The molecule has 12 heteroatoms. The van der Waals surface area contributed by atoms with Crippen molar-refractivity contribution < 1.29 is 34.1 Å². The number of H-pyrrole nitrogens is 1. The van der Waals surface area contributed by atoms with E-state index in [2.05, 4.69) is 27.8 Å². The number of aromatic amines is 1. The molecule has 0 saturated carbocycles. The number of benzene rings is 1. The van der Waals surface area contributed by atoms with Gasteiger partial charge in [-0.15, -0.1) is 0 Å². The molecule has 1 unspecified atom stereocenters. The minimum Gasteiger partial charge on any atom is -0.484 e. The van der Waals surface area contributed by atoms with E-state index in [1.165, 1.54) is 0 Å². The van der Waals surface area contributed by atoms with Gasteiger partial charge in [0, 0.05) is 34.0 Å². The van der Waals surface area contributed by atoms with E-state index in [4.69, 9.17) is 31.3 Å². The molecule has 0 radical (unpaired) electrons. The molecule has 2 aliphatic rings. The Morgan fingerprint density at radius 1 is 1.18 bits per heavy atom.